The van der Waals surface area contributed by atoms with Gasteiger partial charge in [-0.1, -0.05) is 0 Å². The predicted octanol–water partition coefficient (Wildman–Crippen LogP) is 2.66. The molecule has 0 saturated carbocycles. The van der Waals surface area contributed by atoms with Crippen molar-refractivity contribution in [3.63, 3.8) is 0 Å². The number of benzene rings is 1. The summed E-state index contributed by atoms with van der Waals surface area (Å²) in [6, 6.07) is 0.314. The van der Waals surface area contributed by atoms with Gasteiger partial charge < -0.3 is 15.7 Å². The average Bonchev–Trinajstić information content (AvgIpc) is 2.62. The first-order chi connectivity index (χ1) is 9.35. The van der Waals surface area contributed by atoms with Crippen LogP contribution in [0.3, 0.4) is 0 Å². The number of nitro groups is 1. The number of hydrogen-bond acceptors (Lipinski definition) is 5. The van der Waals surface area contributed by atoms with Gasteiger partial charge in [0.15, 0.2) is 0 Å². The van der Waals surface area contributed by atoms with Crippen LogP contribution in [0.4, 0.5) is 43.4 Å². The molecular weight excluding hydrogens is 312 g/mol. The van der Waals surface area contributed by atoms with Crippen LogP contribution in [0.1, 0.15) is 5.56 Å². The van der Waals surface area contributed by atoms with Gasteiger partial charge in [-0.15, -0.1) is 0 Å². The first kappa shape index (κ1) is 15.2. The predicted molar refractivity (Wildman–Crippen MR) is 56.3 cm³/mol. The zero-order chi connectivity index (χ0) is 16.2. The Hall–Kier alpha value is -2.24. The summed E-state index contributed by atoms with van der Waals surface area (Å²) in [7, 11) is 0. The molecule has 1 aliphatic rings. The fraction of sp³-hybridized carbons (Fsp3) is 0.333. The van der Waals surface area contributed by atoms with Gasteiger partial charge in [-0.05, 0) is 6.07 Å². The number of fused-ring (bicyclic) bond motifs is 1. The number of nitrogens with zero attached hydrogens (tertiary/aromatic N) is 1. The molecule has 0 bridgehead atoms. The van der Waals surface area contributed by atoms with Gasteiger partial charge in [-0.25, -0.2) is 0 Å². The molecule has 6 nitrogen and oxygen atoms in total. The van der Waals surface area contributed by atoms with Gasteiger partial charge >= 0.3 is 18.2 Å². The van der Waals surface area contributed by atoms with E-state index in [-0.39, 0.29) is 12.1 Å². The van der Waals surface area contributed by atoms with Crippen LogP contribution < -0.4 is 10.6 Å². The second-order valence-electron chi connectivity index (χ2n) is 4.13. The monoisotopic (exact) mass is 317 g/mol. The Morgan fingerprint density at radius 3 is 2.14 bits per heavy atom. The second kappa shape index (κ2) is 4.13. The maximum atomic E-state index is 12.6. The Morgan fingerprint density at radius 2 is 1.71 bits per heavy atom. The minimum atomic E-state index is -5.32. The fourth-order valence-corrected chi connectivity index (χ4v) is 1.71. The van der Waals surface area contributed by atoms with Crippen molar-refractivity contribution in [2.45, 2.75) is 18.2 Å². The number of nitro benzene ring substituents is 1. The molecule has 0 amide bonds. The number of rotatable bonds is 1. The van der Waals surface area contributed by atoms with Crippen LogP contribution in [0.25, 0.3) is 0 Å². The van der Waals surface area contributed by atoms with Crippen molar-refractivity contribution in [1.29, 1.82) is 0 Å². The van der Waals surface area contributed by atoms with E-state index in [4.69, 9.17) is 0 Å². The van der Waals surface area contributed by atoms with Crippen molar-refractivity contribution in [1.82, 2.24) is 0 Å². The minimum absolute atomic E-state index is 0.0790. The quantitative estimate of drug-likeness (QED) is 0.421. The number of anilines is 2. The third-order valence-corrected chi connectivity index (χ3v) is 2.67. The van der Waals surface area contributed by atoms with Crippen LogP contribution in [0, 0.1) is 10.1 Å². The third-order valence-electron chi connectivity index (χ3n) is 2.67. The highest BCUT2D eigenvalue weighted by Crippen LogP contribution is 2.47. The highest BCUT2D eigenvalue weighted by molar-refractivity contribution is 5.85. The lowest BCUT2D eigenvalue weighted by Crippen LogP contribution is -2.54. The maximum absolute atomic E-state index is 12.6. The van der Waals surface area contributed by atoms with Gasteiger partial charge in [0.2, 0.25) is 0 Å². The van der Waals surface area contributed by atoms with Crippen LogP contribution in [0.15, 0.2) is 12.1 Å². The van der Waals surface area contributed by atoms with Crippen LogP contribution in [-0.2, 0) is 6.18 Å². The highest BCUT2D eigenvalue weighted by atomic mass is 19.4. The van der Waals surface area contributed by atoms with E-state index in [0.717, 1.165) is 0 Å². The van der Waals surface area contributed by atoms with Crippen LogP contribution in [-0.4, -0.2) is 22.1 Å². The fourth-order valence-electron chi connectivity index (χ4n) is 1.71. The van der Waals surface area contributed by atoms with E-state index in [9.17, 15) is 41.6 Å². The van der Waals surface area contributed by atoms with Gasteiger partial charge in [0.1, 0.15) is 5.69 Å². The number of alkyl halides is 6. The van der Waals surface area contributed by atoms with E-state index in [0.29, 0.717) is 0 Å². The lowest BCUT2D eigenvalue weighted by molar-refractivity contribution is -0.384. The SMILES string of the molecule is O=[N+]([O-])c1cc(C(F)(F)F)cc2c1NC(O)(C(F)(F)F)N2. The zero-order valence-electron chi connectivity index (χ0n) is 9.63. The Bertz CT molecular complexity index is 614. The van der Waals surface area contributed by atoms with Crippen molar-refractivity contribution in [2.24, 2.45) is 0 Å². The van der Waals surface area contributed by atoms with E-state index in [1.54, 1.807) is 0 Å². The molecule has 1 aromatic carbocycles. The summed E-state index contributed by atoms with van der Waals surface area (Å²) in [6.45, 7) is 0. The summed E-state index contributed by atoms with van der Waals surface area (Å²) in [4.78, 5) is 9.42. The van der Waals surface area contributed by atoms with Gasteiger partial charge in [0.05, 0.1) is 16.2 Å². The molecule has 0 spiro atoms. The van der Waals surface area contributed by atoms with Crippen molar-refractivity contribution in [2.75, 3.05) is 10.6 Å². The largest absolute Gasteiger partial charge is 0.458 e. The van der Waals surface area contributed by atoms with Gasteiger partial charge in [-0.2, -0.15) is 26.3 Å². The number of hydrogen-bond donors (Lipinski definition) is 3. The van der Waals surface area contributed by atoms with Crippen LogP contribution >= 0.6 is 0 Å². The molecule has 1 unspecified atom stereocenters. The number of nitrogens with one attached hydrogen (secondary N) is 2. The van der Waals surface area contributed by atoms with E-state index in [1.807, 2.05) is 0 Å². The molecule has 3 N–H and O–H groups in total. The van der Waals surface area contributed by atoms with Gasteiger partial charge in [0, 0.05) is 6.07 Å². The molecule has 116 valence electrons. The second-order valence-corrected chi connectivity index (χ2v) is 4.13. The van der Waals surface area contributed by atoms with Crippen LogP contribution in [0.5, 0.6) is 0 Å². The minimum Gasteiger partial charge on any atom is -0.347 e. The third kappa shape index (κ3) is 2.41. The van der Waals surface area contributed by atoms with Gasteiger partial charge in [0.25, 0.3) is 5.69 Å². The molecule has 12 heteroatoms. The van der Waals surface area contributed by atoms with Crippen LogP contribution in [0.2, 0.25) is 0 Å². The smallest absolute Gasteiger partial charge is 0.347 e. The summed E-state index contributed by atoms with van der Waals surface area (Å²) in [6.07, 6.45) is -10.3. The number of halogens is 6. The molecule has 0 aromatic heterocycles. The van der Waals surface area contributed by atoms with Crippen molar-refractivity contribution < 1.29 is 36.4 Å². The van der Waals surface area contributed by atoms with Crippen molar-refractivity contribution >= 4 is 17.1 Å². The topological polar surface area (TPSA) is 87.4 Å². The first-order valence-corrected chi connectivity index (χ1v) is 5.10. The highest BCUT2D eigenvalue weighted by Gasteiger charge is 2.59. The van der Waals surface area contributed by atoms with E-state index in [2.05, 4.69) is 0 Å². The van der Waals surface area contributed by atoms with Crippen molar-refractivity contribution in [3.8, 4) is 0 Å². The number of aliphatic hydroxyl groups is 1. The molecule has 1 aromatic rings. The molecular formula is C9H5F6N3O3. The normalized spacial score (nSPS) is 21.5. The van der Waals surface area contributed by atoms with E-state index in [1.165, 1.54) is 10.6 Å². The molecule has 21 heavy (non-hydrogen) atoms. The Kier molecular flexibility index (Phi) is 2.98. The molecule has 0 radical (unpaired) electrons. The molecule has 1 heterocycles. The summed E-state index contributed by atoms with van der Waals surface area (Å²) in [5.74, 6) is -3.79. The Balaban J connectivity index is 2.60. The first-order valence-electron chi connectivity index (χ1n) is 5.10. The Labute approximate surface area is 111 Å². The molecule has 2 rings (SSSR count). The Morgan fingerprint density at radius 1 is 1.14 bits per heavy atom. The lowest BCUT2D eigenvalue weighted by Gasteiger charge is -2.26. The molecule has 0 aliphatic carbocycles. The average molecular weight is 317 g/mol. The summed E-state index contributed by atoms with van der Waals surface area (Å²) in [5, 5.41) is 22.8. The summed E-state index contributed by atoms with van der Waals surface area (Å²) < 4.78 is 75.5. The summed E-state index contributed by atoms with van der Waals surface area (Å²) >= 11 is 0. The molecule has 0 saturated heterocycles. The van der Waals surface area contributed by atoms with Crippen molar-refractivity contribution in [3.05, 3.63) is 27.8 Å². The molecule has 1 aliphatic heterocycles. The maximum Gasteiger partial charge on any atom is 0.458 e. The molecule has 1 atom stereocenters. The van der Waals surface area contributed by atoms with E-state index >= 15 is 0 Å². The lowest BCUT2D eigenvalue weighted by atomic mass is 10.1. The molecule has 0 fully saturated rings. The standard InChI is InChI=1S/C9H5F6N3O3/c10-7(11,12)3-1-4-6(5(2-3)18(20)21)17-9(19,16-4)8(13,14)15/h1-2,16-17,19H. The van der Waals surface area contributed by atoms with E-state index < -0.39 is 45.8 Å². The summed E-state index contributed by atoms with van der Waals surface area (Å²) in [5.41, 5.74) is -4.52. The zero-order valence-corrected chi connectivity index (χ0v) is 9.63. The van der Waals surface area contributed by atoms with Gasteiger partial charge in [-0.3, -0.25) is 10.1 Å².